The molecule has 146 valence electrons. The highest BCUT2D eigenvalue weighted by Crippen LogP contribution is 2.23. The second-order valence-electron chi connectivity index (χ2n) is 7.48. The highest BCUT2D eigenvalue weighted by atomic mass is 32.2. The number of likely N-dealkylation sites (tertiary alicyclic amines) is 1. The van der Waals surface area contributed by atoms with Gasteiger partial charge in [-0.2, -0.15) is 0 Å². The monoisotopic (exact) mass is 391 g/mol. The van der Waals surface area contributed by atoms with E-state index in [1.165, 1.54) is 0 Å². The van der Waals surface area contributed by atoms with E-state index in [0.29, 0.717) is 11.4 Å². The van der Waals surface area contributed by atoms with Gasteiger partial charge >= 0.3 is 0 Å². The molecule has 3 heterocycles. The summed E-state index contributed by atoms with van der Waals surface area (Å²) < 4.78 is 28.6. The molecule has 0 bridgehead atoms. The molecule has 1 aromatic heterocycles. The molecule has 2 fully saturated rings. The van der Waals surface area contributed by atoms with Crippen molar-refractivity contribution >= 4 is 26.6 Å². The van der Waals surface area contributed by atoms with Crippen LogP contribution >= 0.6 is 0 Å². The Labute approximate surface area is 159 Å². The minimum absolute atomic E-state index is 0.105. The quantitative estimate of drug-likeness (QED) is 0.825. The minimum Gasteiger partial charge on any atom is -0.497 e. The average molecular weight is 391 g/mol. The number of hydrogen-bond donors (Lipinski definition) is 2. The predicted octanol–water partition coefficient (Wildman–Crippen LogP) is 1.56. The van der Waals surface area contributed by atoms with Crippen LogP contribution in [0.3, 0.4) is 0 Å². The Bertz CT molecular complexity index is 945. The van der Waals surface area contributed by atoms with Crippen molar-refractivity contribution in [3.05, 3.63) is 30.0 Å². The zero-order valence-corrected chi connectivity index (χ0v) is 16.2. The molecule has 0 spiro atoms. The lowest BCUT2D eigenvalue weighted by Gasteiger charge is -2.35. The fourth-order valence-electron chi connectivity index (χ4n) is 4.09. The molecule has 27 heavy (non-hydrogen) atoms. The Morgan fingerprint density at radius 2 is 2.00 bits per heavy atom. The molecule has 1 amide bonds. The van der Waals surface area contributed by atoms with Gasteiger partial charge in [-0.25, -0.2) is 8.42 Å². The Morgan fingerprint density at radius 1 is 1.22 bits per heavy atom. The standard InChI is InChI=1S/C19H25N3O4S/c1-26-16-3-2-13-10-18(21-17(13)11-16)19(23)20-14-4-7-22(8-5-14)15-6-9-27(24,25)12-15/h2-3,10-11,14-15,21H,4-9,12H2,1H3,(H,20,23)/t15-/m0/s1. The molecule has 8 heteroatoms. The molecule has 0 unspecified atom stereocenters. The highest BCUT2D eigenvalue weighted by molar-refractivity contribution is 7.91. The second-order valence-corrected chi connectivity index (χ2v) is 9.71. The third kappa shape index (κ3) is 3.96. The Morgan fingerprint density at radius 3 is 2.67 bits per heavy atom. The van der Waals surface area contributed by atoms with E-state index in [4.69, 9.17) is 4.74 Å². The summed E-state index contributed by atoms with van der Waals surface area (Å²) in [5.41, 5.74) is 1.42. The van der Waals surface area contributed by atoms with Crippen molar-refractivity contribution in [1.82, 2.24) is 15.2 Å². The summed E-state index contributed by atoms with van der Waals surface area (Å²) in [4.78, 5) is 18.0. The summed E-state index contributed by atoms with van der Waals surface area (Å²) in [5, 5.41) is 4.08. The molecule has 7 nitrogen and oxygen atoms in total. The van der Waals surface area contributed by atoms with E-state index in [2.05, 4.69) is 15.2 Å². The number of sulfone groups is 1. The van der Waals surface area contributed by atoms with Gasteiger partial charge in [0.2, 0.25) is 0 Å². The lowest BCUT2D eigenvalue weighted by molar-refractivity contribution is 0.0894. The third-order valence-electron chi connectivity index (χ3n) is 5.66. The Balaban J connectivity index is 1.34. The van der Waals surface area contributed by atoms with E-state index < -0.39 is 9.84 Å². The van der Waals surface area contributed by atoms with E-state index in [9.17, 15) is 13.2 Å². The number of H-pyrrole nitrogens is 1. The van der Waals surface area contributed by atoms with E-state index in [-0.39, 0.29) is 23.7 Å². The van der Waals surface area contributed by atoms with Crippen molar-refractivity contribution in [3.8, 4) is 5.75 Å². The van der Waals surface area contributed by atoms with Gasteiger partial charge in [-0.15, -0.1) is 0 Å². The molecule has 0 saturated carbocycles. The van der Waals surface area contributed by atoms with Crippen LogP contribution in [0.2, 0.25) is 0 Å². The van der Waals surface area contributed by atoms with Crippen LogP contribution in [0, 0.1) is 0 Å². The Hall–Kier alpha value is -2.06. The molecule has 1 aromatic carbocycles. The number of ether oxygens (including phenoxy) is 1. The summed E-state index contributed by atoms with van der Waals surface area (Å²) >= 11 is 0. The maximum absolute atomic E-state index is 12.6. The van der Waals surface area contributed by atoms with Gasteiger partial charge in [0.05, 0.1) is 18.6 Å². The molecule has 0 radical (unpaired) electrons. The van der Waals surface area contributed by atoms with Crippen molar-refractivity contribution in [2.45, 2.75) is 31.3 Å². The second kappa shape index (κ2) is 7.16. The van der Waals surface area contributed by atoms with Crippen molar-refractivity contribution in [3.63, 3.8) is 0 Å². The summed E-state index contributed by atoms with van der Waals surface area (Å²) in [6, 6.07) is 7.79. The zero-order chi connectivity index (χ0) is 19.0. The van der Waals surface area contributed by atoms with Crippen molar-refractivity contribution in [2.75, 3.05) is 31.7 Å². The third-order valence-corrected chi connectivity index (χ3v) is 7.41. The van der Waals surface area contributed by atoms with Gasteiger partial charge in [0.25, 0.3) is 5.91 Å². The van der Waals surface area contributed by atoms with Crippen LogP contribution in [0.25, 0.3) is 10.9 Å². The number of nitrogens with zero attached hydrogens (tertiary/aromatic N) is 1. The van der Waals surface area contributed by atoms with Crippen LogP contribution in [0.5, 0.6) is 5.75 Å². The number of rotatable bonds is 4. The first kappa shape index (κ1) is 18.3. The molecule has 0 aliphatic carbocycles. The summed E-state index contributed by atoms with van der Waals surface area (Å²) in [6.07, 6.45) is 2.42. The lowest BCUT2D eigenvalue weighted by Crippen LogP contribution is -2.48. The number of hydrogen-bond acceptors (Lipinski definition) is 5. The predicted molar refractivity (Wildman–Crippen MR) is 104 cm³/mol. The first-order valence-electron chi connectivity index (χ1n) is 9.35. The minimum atomic E-state index is -2.86. The van der Waals surface area contributed by atoms with Crippen LogP contribution in [-0.2, 0) is 9.84 Å². The molecule has 4 rings (SSSR count). The molecule has 2 aromatic rings. The maximum atomic E-state index is 12.6. The molecular weight excluding hydrogens is 366 g/mol. The van der Waals surface area contributed by atoms with Crippen LogP contribution in [0.4, 0.5) is 0 Å². The fraction of sp³-hybridized carbons (Fsp3) is 0.526. The number of aromatic amines is 1. The van der Waals surface area contributed by atoms with Gasteiger partial charge in [0.15, 0.2) is 9.84 Å². The fourth-order valence-corrected chi connectivity index (χ4v) is 5.85. The average Bonchev–Trinajstić information content (AvgIpc) is 3.24. The van der Waals surface area contributed by atoms with E-state index >= 15 is 0 Å². The molecule has 2 aliphatic heterocycles. The van der Waals surface area contributed by atoms with Gasteiger partial charge in [-0.1, -0.05) is 0 Å². The van der Waals surface area contributed by atoms with Crippen LogP contribution in [-0.4, -0.2) is 68.0 Å². The number of fused-ring (bicyclic) bond motifs is 1. The van der Waals surface area contributed by atoms with E-state index in [1.54, 1.807) is 7.11 Å². The number of aromatic nitrogens is 1. The van der Waals surface area contributed by atoms with Crippen molar-refractivity contribution < 1.29 is 17.9 Å². The number of carbonyl (C=O) groups excluding carboxylic acids is 1. The van der Waals surface area contributed by atoms with Crippen LogP contribution in [0.15, 0.2) is 24.3 Å². The van der Waals surface area contributed by atoms with E-state index in [1.807, 2.05) is 24.3 Å². The topological polar surface area (TPSA) is 91.5 Å². The summed E-state index contributed by atoms with van der Waals surface area (Å²) in [6.45, 7) is 1.66. The number of amides is 1. The maximum Gasteiger partial charge on any atom is 0.267 e. The summed E-state index contributed by atoms with van der Waals surface area (Å²) in [7, 11) is -1.24. The number of carbonyl (C=O) groups is 1. The van der Waals surface area contributed by atoms with Gasteiger partial charge < -0.3 is 15.0 Å². The molecular formula is C19H25N3O4S. The normalized spacial score (nSPS) is 23.5. The smallest absolute Gasteiger partial charge is 0.267 e. The molecule has 2 saturated heterocycles. The van der Waals surface area contributed by atoms with Crippen LogP contribution in [0.1, 0.15) is 29.8 Å². The van der Waals surface area contributed by atoms with Gasteiger partial charge in [-0.3, -0.25) is 9.69 Å². The van der Waals surface area contributed by atoms with Crippen LogP contribution < -0.4 is 10.1 Å². The lowest BCUT2D eigenvalue weighted by atomic mass is 10.0. The molecule has 1 atom stereocenters. The van der Waals surface area contributed by atoms with Gasteiger partial charge in [-0.05, 0) is 37.5 Å². The first-order valence-corrected chi connectivity index (χ1v) is 11.2. The number of benzene rings is 1. The number of methoxy groups -OCH3 is 1. The van der Waals surface area contributed by atoms with Gasteiger partial charge in [0, 0.05) is 42.1 Å². The number of nitrogens with one attached hydrogen (secondary N) is 2. The van der Waals surface area contributed by atoms with E-state index in [0.717, 1.165) is 49.0 Å². The van der Waals surface area contributed by atoms with Crippen molar-refractivity contribution in [2.24, 2.45) is 0 Å². The summed E-state index contributed by atoms with van der Waals surface area (Å²) in [5.74, 6) is 1.23. The molecule has 2 N–H and O–H groups in total. The SMILES string of the molecule is COc1ccc2cc(C(=O)NC3CCN([C@H]4CCS(=O)(=O)C4)CC3)[nH]c2c1. The first-order chi connectivity index (χ1) is 12.9. The zero-order valence-electron chi connectivity index (χ0n) is 15.4. The van der Waals surface area contributed by atoms with Gasteiger partial charge in [0.1, 0.15) is 11.4 Å². The molecule has 2 aliphatic rings. The highest BCUT2D eigenvalue weighted by Gasteiger charge is 2.34. The largest absolute Gasteiger partial charge is 0.497 e. The van der Waals surface area contributed by atoms with Crippen molar-refractivity contribution in [1.29, 1.82) is 0 Å². The Kier molecular flexibility index (Phi) is 4.86. The number of piperidine rings is 1.